The summed E-state index contributed by atoms with van der Waals surface area (Å²) in [4.78, 5) is 7.85. The molecule has 0 aromatic heterocycles. The lowest BCUT2D eigenvalue weighted by atomic mass is 9.72. The number of halogens is 2. The Kier molecular flexibility index (Phi) is 6.13. The van der Waals surface area contributed by atoms with Crippen LogP contribution in [-0.4, -0.2) is 29.7 Å². The highest BCUT2D eigenvalue weighted by molar-refractivity contribution is 6.42. The van der Waals surface area contributed by atoms with E-state index in [-0.39, 0.29) is 12.0 Å². The molecule has 158 valence electrons. The van der Waals surface area contributed by atoms with Gasteiger partial charge in [-0.25, -0.2) is 0 Å². The third-order valence-electron chi connectivity index (χ3n) is 6.72. The van der Waals surface area contributed by atoms with Crippen molar-refractivity contribution in [3.8, 4) is 0 Å². The molecular weight excluding hydrogens is 423 g/mol. The summed E-state index contributed by atoms with van der Waals surface area (Å²) in [5.41, 5.74) is 4.93. The van der Waals surface area contributed by atoms with E-state index in [4.69, 9.17) is 28.2 Å². The van der Waals surface area contributed by atoms with Gasteiger partial charge < -0.3 is 0 Å². The molecule has 6 rings (SSSR count). The Balaban J connectivity index is 1.61. The van der Waals surface area contributed by atoms with E-state index in [1.807, 2.05) is 12.1 Å². The molecule has 2 bridgehead atoms. The Morgan fingerprint density at radius 3 is 2.23 bits per heavy atom. The Morgan fingerprint density at radius 2 is 1.52 bits per heavy atom. The van der Waals surface area contributed by atoms with Crippen LogP contribution in [0.15, 0.2) is 83.9 Å². The lowest BCUT2D eigenvalue weighted by molar-refractivity contribution is 0.135. The highest BCUT2D eigenvalue weighted by Gasteiger charge is 2.44. The van der Waals surface area contributed by atoms with Crippen LogP contribution in [0.5, 0.6) is 0 Å². The SMILES string of the molecule is Clc1cccc(C(c2ccccc2)C2C(=NCc3ccccc3)C3CCN2CC3)c1Cl. The van der Waals surface area contributed by atoms with E-state index >= 15 is 0 Å². The first kappa shape index (κ1) is 20.8. The number of hydrogen-bond donors (Lipinski definition) is 0. The number of benzene rings is 3. The van der Waals surface area contributed by atoms with Crippen molar-refractivity contribution < 1.29 is 0 Å². The van der Waals surface area contributed by atoms with E-state index in [1.165, 1.54) is 29.7 Å². The topological polar surface area (TPSA) is 15.6 Å². The van der Waals surface area contributed by atoms with Gasteiger partial charge in [-0.2, -0.15) is 0 Å². The molecule has 2 unspecified atom stereocenters. The van der Waals surface area contributed by atoms with E-state index in [9.17, 15) is 0 Å². The van der Waals surface area contributed by atoms with Gasteiger partial charge in [0.1, 0.15) is 0 Å². The molecule has 3 fully saturated rings. The third-order valence-corrected chi connectivity index (χ3v) is 7.56. The maximum atomic E-state index is 6.79. The van der Waals surface area contributed by atoms with Gasteiger partial charge in [0.25, 0.3) is 0 Å². The molecule has 3 aromatic rings. The molecule has 0 spiro atoms. The van der Waals surface area contributed by atoms with E-state index < -0.39 is 0 Å². The smallest absolute Gasteiger partial charge is 0.0639 e. The quantitative estimate of drug-likeness (QED) is 0.416. The molecular formula is C27H26Cl2N2. The van der Waals surface area contributed by atoms with E-state index in [0.717, 1.165) is 25.2 Å². The van der Waals surface area contributed by atoms with Crippen molar-refractivity contribution in [1.82, 2.24) is 4.90 Å². The molecule has 2 atom stereocenters. The molecule has 0 aliphatic carbocycles. The van der Waals surface area contributed by atoms with Gasteiger partial charge in [-0.3, -0.25) is 9.89 Å². The Morgan fingerprint density at radius 1 is 0.839 bits per heavy atom. The predicted octanol–water partition coefficient (Wildman–Crippen LogP) is 6.86. The van der Waals surface area contributed by atoms with Gasteiger partial charge in [0.2, 0.25) is 0 Å². The van der Waals surface area contributed by atoms with Gasteiger partial charge in [-0.05, 0) is 48.7 Å². The second-order valence-electron chi connectivity index (χ2n) is 8.51. The largest absolute Gasteiger partial charge is 0.294 e. The first-order valence-electron chi connectivity index (χ1n) is 11.0. The van der Waals surface area contributed by atoms with Crippen LogP contribution in [0.3, 0.4) is 0 Å². The zero-order chi connectivity index (χ0) is 21.2. The van der Waals surface area contributed by atoms with Crippen molar-refractivity contribution in [3.05, 3.63) is 106 Å². The summed E-state index contributed by atoms with van der Waals surface area (Å²) < 4.78 is 0. The van der Waals surface area contributed by atoms with Crippen molar-refractivity contribution in [1.29, 1.82) is 0 Å². The molecule has 0 amide bonds. The minimum atomic E-state index is 0.102. The van der Waals surface area contributed by atoms with Crippen LogP contribution in [0.2, 0.25) is 10.0 Å². The van der Waals surface area contributed by atoms with Crippen molar-refractivity contribution >= 4 is 28.9 Å². The van der Waals surface area contributed by atoms with Gasteiger partial charge >= 0.3 is 0 Å². The zero-order valence-electron chi connectivity index (χ0n) is 17.4. The number of hydrogen-bond acceptors (Lipinski definition) is 2. The highest BCUT2D eigenvalue weighted by atomic mass is 35.5. The summed E-state index contributed by atoms with van der Waals surface area (Å²) >= 11 is 13.3. The lowest BCUT2D eigenvalue weighted by Gasteiger charge is -2.50. The van der Waals surface area contributed by atoms with Crippen LogP contribution in [0.4, 0.5) is 0 Å². The summed E-state index contributed by atoms with van der Waals surface area (Å²) in [5, 5.41) is 1.27. The van der Waals surface area contributed by atoms with Crippen LogP contribution in [0, 0.1) is 5.92 Å². The summed E-state index contributed by atoms with van der Waals surface area (Å²) in [5.74, 6) is 0.646. The molecule has 31 heavy (non-hydrogen) atoms. The van der Waals surface area contributed by atoms with Gasteiger partial charge in [0, 0.05) is 17.5 Å². The van der Waals surface area contributed by atoms with Crippen LogP contribution < -0.4 is 0 Å². The minimum Gasteiger partial charge on any atom is -0.294 e. The van der Waals surface area contributed by atoms with Gasteiger partial charge in [0.05, 0.1) is 22.6 Å². The standard InChI is InChI=1S/C27H26Cl2N2/c28-23-13-7-12-22(25(23)29)24(20-10-5-2-6-11-20)27-26(21-14-16-31(27)17-15-21)30-18-19-8-3-1-4-9-19/h1-13,21,24,27H,14-18H2. The van der Waals surface area contributed by atoms with Crippen molar-refractivity contribution in [2.75, 3.05) is 13.1 Å². The molecule has 0 radical (unpaired) electrons. The molecule has 3 aromatic carbocycles. The number of aliphatic imine (C=N–C) groups is 1. The van der Waals surface area contributed by atoms with Crippen LogP contribution >= 0.6 is 23.2 Å². The molecule has 0 N–H and O–H groups in total. The van der Waals surface area contributed by atoms with Crippen molar-refractivity contribution in [2.24, 2.45) is 10.9 Å². The lowest BCUT2D eigenvalue weighted by Crippen LogP contribution is -2.58. The van der Waals surface area contributed by atoms with E-state index in [2.05, 4.69) is 71.6 Å². The van der Waals surface area contributed by atoms with E-state index in [0.29, 0.717) is 16.0 Å². The third kappa shape index (κ3) is 4.17. The molecule has 0 saturated carbocycles. The average molecular weight is 449 g/mol. The zero-order valence-corrected chi connectivity index (χ0v) is 18.9. The fourth-order valence-electron chi connectivity index (χ4n) is 5.23. The normalized spacial score (nSPS) is 25.0. The van der Waals surface area contributed by atoms with Crippen molar-refractivity contribution in [2.45, 2.75) is 31.3 Å². The molecule has 3 aliphatic rings. The van der Waals surface area contributed by atoms with Crippen molar-refractivity contribution in [3.63, 3.8) is 0 Å². The molecule has 4 heteroatoms. The van der Waals surface area contributed by atoms with Gasteiger partial charge in [-0.15, -0.1) is 0 Å². The number of nitrogens with zero attached hydrogens (tertiary/aromatic N) is 2. The molecule has 2 nitrogen and oxygen atoms in total. The number of fused-ring (bicyclic) bond motifs is 3. The Labute approximate surface area is 194 Å². The second-order valence-corrected chi connectivity index (χ2v) is 9.30. The Bertz CT molecular complexity index is 1060. The van der Waals surface area contributed by atoms with Crippen LogP contribution in [-0.2, 0) is 6.54 Å². The summed E-state index contributed by atoms with van der Waals surface area (Å²) in [6, 6.07) is 27.5. The first-order chi connectivity index (χ1) is 15.2. The fourth-order valence-corrected chi connectivity index (χ4v) is 5.65. The molecule has 3 saturated heterocycles. The number of piperidine rings is 3. The minimum absolute atomic E-state index is 0.102. The summed E-state index contributed by atoms with van der Waals surface area (Å²) in [6.07, 6.45) is 2.38. The maximum absolute atomic E-state index is 6.79. The average Bonchev–Trinajstić information content (AvgIpc) is 2.83. The molecule has 3 aliphatic heterocycles. The Hall–Kier alpha value is -2.13. The van der Waals surface area contributed by atoms with Gasteiger partial charge in [0.15, 0.2) is 0 Å². The highest BCUT2D eigenvalue weighted by Crippen LogP contribution is 2.43. The summed E-state index contributed by atoms with van der Waals surface area (Å²) in [7, 11) is 0. The maximum Gasteiger partial charge on any atom is 0.0639 e. The first-order valence-corrected chi connectivity index (χ1v) is 11.8. The van der Waals surface area contributed by atoms with Gasteiger partial charge in [-0.1, -0.05) is 96.0 Å². The second kappa shape index (κ2) is 9.16. The fraction of sp³-hybridized carbons (Fsp3) is 0.296. The summed E-state index contributed by atoms with van der Waals surface area (Å²) in [6.45, 7) is 2.95. The van der Waals surface area contributed by atoms with Crippen LogP contribution in [0.1, 0.15) is 35.4 Å². The molecule has 3 heterocycles. The van der Waals surface area contributed by atoms with E-state index in [1.54, 1.807) is 0 Å². The number of rotatable bonds is 5. The predicted molar refractivity (Wildman–Crippen MR) is 130 cm³/mol. The monoisotopic (exact) mass is 448 g/mol. The van der Waals surface area contributed by atoms with Crippen LogP contribution in [0.25, 0.3) is 0 Å².